The molecule has 4 heteroatoms. The van der Waals surface area contributed by atoms with E-state index in [1.807, 2.05) is 0 Å². The lowest BCUT2D eigenvalue weighted by Gasteiger charge is -2.70. The zero-order chi connectivity index (χ0) is 27.5. The first kappa shape index (κ1) is 27.0. The van der Waals surface area contributed by atoms with Gasteiger partial charge in [-0.2, -0.15) is 0 Å². The standard InChI is InChI=1S/C34H52O4/c1-29(2)25-10-13-34(7)27(32(25,5)12-11-26(29)36)24(35)18-22-23-19-31(4,28(37)38-20-21-8-9-21)15-14-30(23,3)16-17-33(22,34)6/h18,21,23,25-27,36H,8-17,19-20H2,1-7H3/t23-,25-,26-,27+,30+,31-,32-,33+,34+/m0/s1. The molecule has 4 nitrogen and oxygen atoms in total. The van der Waals surface area contributed by atoms with Gasteiger partial charge in [-0.25, -0.2) is 0 Å². The molecular formula is C34H52O4. The molecule has 0 saturated heterocycles. The summed E-state index contributed by atoms with van der Waals surface area (Å²) in [4.78, 5) is 27.8. The summed E-state index contributed by atoms with van der Waals surface area (Å²) >= 11 is 0. The van der Waals surface area contributed by atoms with Crippen LogP contribution in [0.1, 0.15) is 119 Å². The second-order valence-corrected chi connectivity index (χ2v) is 16.7. The van der Waals surface area contributed by atoms with Crippen LogP contribution in [0, 0.1) is 56.2 Å². The molecule has 0 heterocycles. The maximum absolute atomic E-state index is 14.4. The van der Waals surface area contributed by atoms with Gasteiger partial charge in [-0.1, -0.05) is 47.1 Å². The number of hydrogen-bond acceptors (Lipinski definition) is 4. The third kappa shape index (κ3) is 3.50. The minimum absolute atomic E-state index is 0.00267. The summed E-state index contributed by atoms with van der Waals surface area (Å²) in [5.41, 5.74) is 0.630. The van der Waals surface area contributed by atoms with Gasteiger partial charge < -0.3 is 9.84 Å². The molecule has 212 valence electrons. The van der Waals surface area contributed by atoms with Gasteiger partial charge in [-0.15, -0.1) is 0 Å². The van der Waals surface area contributed by atoms with E-state index in [-0.39, 0.29) is 51.0 Å². The minimum Gasteiger partial charge on any atom is -0.465 e. The number of rotatable bonds is 3. The fourth-order valence-electron chi connectivity index (χ4n) is 11.0. The molecule has 6 aliphatic rings. The SMILES string of the molecule is CC1(C)[C@@H](O)CC[C@]2(C)[C@H]3C(=O)C=C4[C@@H]5C[C@@](C)(C(=O)OCC6CC6)CC[C@]5(C)CC[C@@]4(C)[C@]3(C)CC[C@@H]12. The van der Waals surface area contributed by atoms with Crippen molar-refractivity contribution in [1.29, 1.82) is 0 Å². The Morgan fingerprint density at radius 2 is 1.61 bits per heavy atom. The fourth-order valence-corrected chi connectivity index (χ4v) is 11.0. The van der Waals surface area contributed by atoms with Crippen molar-refractivity contribution in [2.24, 2.45) is 56.2 Å². The average Bonchev–Trinajstić information content (AvgIpc) is 3.67. The number of fused-ring (bicyclic) bond motifs is 7. The average molecular weight is 525 g/mol. The van der Waals surface area contributed by atoms with E-state index in [1.54, 1.807) is 0 Å². The van der Waals surface area contributed by atoms with Crippen molar-refractivity contribution in [3.05, 3.63) is 11.6 Å². The Morgan fingerprint density at radius 1 is 0.921 bits per heavy atom. The molecule has 5 saturated carbocycles. The molecule has 0 radical (unpaired) electrons. The van der Waals surface area contributed by atoms with E-state index in [0.717, 1.165) is 51.4 Å². The molecule has 0 bridgehead atoms. The van der Waals surface area contributed by atoms with Gasteiger partial charge in [-0.3, -0.25) is 9.59 Å². The fraction of sp³-hybridized carbons (Fsp3) is 0.882. The summed E-state index contributed by atoms with van der Waals surface area (Å²) in [5.74, 6) is 1.50. The highest BCUT2D eigenvalue weighted by Gasteiger charge is 2.70. The predicted octanol–water partition coefficient (Wildman–Crippen LogP) is 7.28. The van der Waals surface area contributed by atoms with Crippen molar-refractivity contribution in [2.75, 3.05) is 6.61 Å². The molecule has 5 fully saturated rings. The van der Waals surface area contributed by atoms with Gasteiger partial charge in [-0.05, 0) is 128 Å². The van der Waals surface area contributed by atoms with Crippen LogP contribution in [-0.2, 0) is 14.3 Å². The van der Waals surface area contributed by atoms with Crippen LogP contribution in [-0.4, -0.2) is 29.6 Å². The maximum Gasteiger partial charge on any atom is 0.311 e. The summed E-state index contributed by atoms with van der Waals surface area (Å²) in [6, 6.07) is 0. The molecule has 6 aliphatic carbocycles. The van der Waals surface area contributed by atoms with Crippen LogP contribution >= 0.6 is 0 Å². The lowest BCUT2D eigenvalue weighted by Crippen LogP contribution is -2.66. The molecule has 6 rings (SSSR count). The topological polar surface area (TPSA) is 63.6 Å². The largest absolute Gasteiger partial charge is 0.465 e. The Labute approximate surface area is 230 Å². The molecule has 0 aromatic rings. The van der Waals surface area contributed by atoms with Gasteiger partial charge in [0.25, 0.3) is 0 Å². The van der Waals surface area contributed by atoms with Gasteiger partial charge in [0.15, 0.2) is 5.78 Å². The maximum atomic E-state index is 14.4. The number of ketones is 1. The number of carbonyl (C=O) groups excluding carboxylic acids is 2. The first-order chi connectivity index (χ1) is 17.6. The van der Waals surface area contributed by atoms with Crippen molar-refractivity contribution in [1.82, 2.24) is 0 Å². The summed E-state index contributed by atoms with van der Waals surface area (Å²) in [6.45, 7) is 16.9. The second kappa shape index (κ2) is 8.20. The van der Waals surface area contributed by atoms with Crippen LogP contribution in [0.5, 0.6) is 0 Å². The van der Waals surface area contributed by atoms with Crippen LogP contribution in [0.3, 0.4) is 0 Å². The molecule has 0 aliphatic heterocycles. The Hall–Kier alpha value is -1.16. The molecule has 38 heavy (non-hydrogen) atoms. The summed E-state index contributed by atoms with van der Waals surface area (Å²) in [6.07, 6.45) is 13.0. The summed E-state index contributed by atoms with van der Waals surface area (Å²) in [7, 11) is 0. The van der Waals surface area contributed by atoms with E-state index in [9.17, 15) is 14.7 Å². The number of aliphatic hydroxyl groups is 1. The van der Waals surface area contributed by atoms with Crippen LogP contribution in [0.4, 0.5) is 0 Å². The van der Waals surface area contributed by atoms with E-state index in [0.29, 0.717) is 24.2 Å². The van der Waals surface area contributed by atoms with Crippen LogP contribution < -0.4 is 0 Å². The molecule has 9 atom stereocenters. The first-order valence-corrected chi connectivity index (χ1v) is 15.7. The van der Waals surface area contributed by atoms with E-state index in [2.05, 4.69) is 54.5 Å². The lowest BCUT2D eigenvalue weighted by molar-refractivity contribution is -0.202. The summed E-state index contributed by atoms with van der Waals surface area (Å²) in [5, 5.41) is 10.9. The monoisotopic (exact) mass is 524 g/mol. The quantitative estimate of drug-likeness (QED) is 0.394. The zero-order valence-corrected chi connectivity index (χ0v) is 25.1. The van der Waals surface area contributed by atoms with Crippen molar-refractivity contribution >= 4 is 11.8 Å². The highest BCUT2D eigenvalue weighted by molar-refractivity contribution is 5.95. The van der Waals surface area contributed by atoms with Crippen molar-refractivity contribution in [3.63, 3.8) is 0 Å². The highest BCUT2D eigenvalue weighted by atomic mass is 16.5. The Balaban J connectivity index is 1.37. The molecule has 1 N–H and O–H groups in total. The molecule has 0 amide bonds. The smallest absolute Gasteiger partial charge is 0.311 e. The number of carbonyl (C=O) groups is 2. The minimum atomic E-state index is -0.466. The number of aliphatic hydroxyl groups excluding tert-OH is 1. The van der Waals surface area contributed by atoms with Gasteiger partial charge >= 0.3 is 5.97 Å². The lowest BCUT2D eigenvalue weighted by atomic mass is 9.33. The Bertz CT molecular complexity index is 1070. The van der Waals surface area contributed by atoms with E-state index in [4.69, 9.17) is 4.74 Å². The van der Waals surface area contributed by atoms with Gasteiger partial charge in [0.1, 0.15) is 0 Å². The number of ether oxygens (including phenoxy) is 1. The molecule has 0 aromatic carbocycles. The van der Waals surface area contributed by atoms with Gasteiger partial charge in [0, 0.05) is 5.92 Å². The van der Waals surface area contributed by atoms with Crippen LogP contribution in [0.15, 0.2) is 11.6 Å². The predicted molar refractivity (Wildman–Crippen MR) is 149 cm³/mol. The number of esters is 1. The highest BCUT2D eigenvalue weighted by Crippen LogP contribution is 2.75. The Morgan fingerprint density at radius 3 is 2.29 bits per heavy atom. The molecule has 0 aromatic heterocycles. The molecule has 0 unspecified atom stereocenters. The second-order valence-electron chi connectivity index (χ2n) is 16.7. The first-order valence-electron chi connectivity index (χ1n) is 15.7. The molecule has 0 spiro atoms. The number of hydrogen-bond donors (Lipinski definition) is 1. The normalized spacial score (nSPS) is 51.6. The van der Waals surface area contributed by atoms with Gasteiger partial charge in [0.05, 0.1) is 18.1 Å². The van der Waals surface area contributed by atoms with Crippen molar-refractivity contribution in [2.45, 2.75) is 125 Å². The van der Waals surface area contributed by atoms with Gasteiger partial charge in [0.2, 0.25) is 0 Å². The van der Waals surface area contributed by atoms with E-state index < -0.39 is 5.41 Å². The number of allylic oxidation sites excluding steroid dienone is 2. The Kier molecular flexibility index (Phi) is 5.83. The summed E-state index contributed by atoms with van der Waals surface area (Å²) < 4.78 is 5.86. The van der Waals surface area contributed by atoms with Crippen molar-refractivity contribution in [3.8, 4) is 0 Å². The zero-order valence-electron chi connectivity index (χ0n) is 25.1. The third-order valence-electron chi connectivity index (χ3n) is 14.2. The van der Waals surface area contributed by atoms with E-state index >= 15 is 0 Å². The molecular weight excluding hydrogens is 472 g/mol. The third-order valence-corrected chi connectivity index (χ3v) is 14.2. The van der Waals surface area contributed by atoms with Crippen LogP contribution in [0.25, 0.3) is 0 Å². The van der Waals surface area contributed by atoms with Crippen molar-refractivity contribution < 1.29 is 19.4 Å². The van der Waals surface area contributed by atoms with Crippen LogP contribution in [0.2, 0.25) is 0 Å². The van der Waals surface area contributed by atoms with E-state index in [1.165, 1.54) is 24.8 Å².